The predicted octanol–water partition coefficient (Wildman–Crippen LogP) is 3.46. The molecule has 106 valence electrons. The van der Waals surface area contributed by atoms with E-state index in [0.29, 0.717) is 5.56 Å². The molecular formula is C16H20N2O2. The number of hydrogen-bond donors (Lipinski definition) is 1. The lowest BCUT2D eigenvalue weighted by Gasteiger charge is -2.18. The molecule has 2 aromatic rings. The largest absolute Gasteiger partial charge is 0.464 e. The normalized spacial score (nSPS) is 12.0. The molecule has 0 aliphatic heterocycles. The minimum atomic E-state index is -0.0177. The maximum atomic E-state index is 12.1. The molecule has 1 heterocycles. The molecule has 1 atom stereocenters. The van der Waals surface area contributed by atoms with Gasteiger partial charge in [-0.25, -0.2) is 0 Å². The number of carbonyl (C=O) groups is 1. The summed E-state index contributed by atoms with van der Waals surface area (Å²) in [5.74, 6) is 1.72. The van der Waals surface area contributed by atoms with Crippen LogP contribution in [0.1, 0.15) is 34.8 Å². The molecule has 4 nitrogen and oxygen atoms in total. The van der Waals surface area contributed by atoms with Gasteiger partial charge in [0, 0.05) is 19.8 Å². The third-order valence-electron chi connectivity index (χ3n) is 3.12. The molecule has 1 aromatic heterocycles. The second-order valence-corrected chi connectivity index (χ2v) is 5.06. The Morgan fingerprint density at radius 3 is 2.50 bits per heavy atom. The Morgan fingerprint density at radius 1 is 1.20 bits per heavy atom. The highest BCUT2D eigenvalue weighted by Gasteiger charge is 2.16. The highest BCUT2D eigenvalue weighted by Crippen LogP contribution is 2.24. The topological polar surface area (TPSA) is 45.5 Å². The first kappa shape index (κ1) is 14.2. The average Bonchev–Trinajstić information content (AvgIpc) is 2.85. The van der Waals surface area contributed by atoms with Crippen molar-refractivity contribution >= 4 is 11.6 Å². The van der Waals surface area contributed by atoms with Gasteiger partial charge in [-0.2, -0.15) is 0 Å². The van der Waals surface area contributed by atoms with Crippen molar-refractivity contribution in [2.75, 3.05) is 19.4 Å². The van der Waals surface area contributed by atoms with Gasteiger partial charge in [-0.15, -0.1) is 0 Å². The van der Waals surface area contributed by atoms with Crippen molar-refractivity contribution in [2.45, 2.75) is 19.9 Å². The first-order chi connectivity index (χ1) is 9.49. The number of benzene rings is 1. The first-order valence-corrected chi connectivity index (χ1v) is 6.62. The fourth-order valence-electron chi connectivity index (χ4n) is 2.03. The number of amides is 1. The van der Waals surface area contributed by atoms with Gasteiger partial charge in [0.25, 0.3) is 5.91 Å². The molecule has 2 rings (SSSR count). The lowest BCUT2D eigenvalue weighted by atomic mass is 10.1. The Labute approximate surface area is 119 Å². The summed E-state index contributed by atoms with van der Waals surface area (Å²) in [6.07, 6.45) is 0. The second-order valence-electron chi connectivity index (χ2n) is 5.06. The van der Waals surface area contributed by atoms with Crippen LogP contribution in [-0.4, -0.2) is 24.9 Å². The first-order valence-electron chi connectivity index (χ1n) is 6.62. The van der Waals surface area contributed by atoms with Gasteiger partial charge in [0.15, 0.2) is 0 Å². The van der Waals surface area contributed by atoms with Gasteiger partial charge in [-0.05, 0) is 38.1 Å². The smallest absolute Gasteiger partial charge is 0.255 e. The van der Waals surface area contributed by atoms with Gasteiger partial charge in [-0.3, -0.25) is 4.79 Å². The number of carbonyl (C=O) groups excluding carboxylic acids is 1. The van der Waals surface area contributed by atoms with Crippen LogP contribution in [-0.2, 0) is 0 Å². The highest BCUT2D eigenvalue weighted by molar-refractivity contribution is 5.99. The molecule has 0 radical (unpaired) electrons. The zero-order chi connectivity index (χ0) is 14.7. The maximum Gasteiger partial charge on any atom is 0.255 e. The van der Waals surface area contributed by atoms with Crippen LogP contribution < -0.4 is 5.32 Å². The van der Waals surface area contributed by atoms with Crippen LogP contribution in [0.25, 0.3) is 0 Å². The van der Waals surface area contributed by atoms with E-state index in [9.17, 15) is 4.79 Å². The molecule has 0 saturated carbocycles. The maximum absolute atomic E-state index is 12.1. The van der Waals surface area contributed by atoms with Crippen molar-refractivity contribution in [3.63, 3.8) is 0 Å². The SMILES string of the molecule is Cc1ccc(C(C)Nc2ccccc2C(=O)N(C)C)o1. The number of rotatable bonds is 4. The summed E-state index contributed by atoms with van der Waals surface area (Å²) in [4.78, 5) is 13.7. The Balaban J connectivity index is 2.23. The molecule has 1 amide bonds. The van der Waals surface area contributed by atoms with Gasteiger partial charge < -0.3 is 14.6 Å². The van der Waals surface area contributed by atoms with Gasteiger partial charge in [0.2, 0.25) is 0 Å². The van der Waals surface area contributed by atoms with Crippen LogP contribution in [0, 0.1) is 6.92 Å². The van der Waals surface area contributed by atoms with Crippen molar-refractivity contribution in [2.24, 2.45) is 0 Å². The molecule has 1 N–H and O–H groups in total. The predicted molar refractivity (Wildman–Crippen MR) is 79.9 cm³/mol. The van der Waals surface area contributed by atoms with Crippen LogP contribution in [0.5, 0.6) is 0 Å². The van der Waals surface area contributed by atoms with E-state index in [1.165, 1.54) is 0 Å². The van der Waals surface area contributed by atoms with E-state index in [-0.39, 0.29) is 11.9 Å². The Morgan fingerprint density at radius 2 is 1.90 bits per heavy atom. The van der Waals surface area contributed by atoms with Crippen LogP contribution in [0.15, 0.2) is 40.8 Å². The fraction of sp³-hybridized carbons (Fsp3) is 0.312. The summed E-state index contributed by atoms with van der Waals surface area (Å²) in [6.45, 7) is 3.93. The molecule has 0 aliphatic rings. The van der Waals surface area contributed by atoms with E-state index in [1.807, 2.05) is 50.2 Å². The minimum absolute atomic E-state index is 0.000174. The van der Waals surface area contributed by atoms with Gasteiger partial charge in [0.1, 0.15) is 11.5 Å². The highest BCUT2D eigenvalue weighted by atomic mass is 16.3. The van der Waals surface area contributed by atoms with Crippen molar-refractivity contribution in [1.82, 2.24) is 4.90 Å². The van der Waals surface area contributed by atoms with Crippen molar-refractivity contribution < 1.29 is 9.21 Å². The third kappa shape index (κ3) is 3.02. The minimum Gasteiger partial charge on any atom is -0.464 e. The molecule has 0 fully saturated rings. The second kappa shape index (κ2) is 5.82. The number of anilines is 1. The lowest BCUT2D eigenvalue weighted by Crippen LogP contribution is -2.23. The molecule has 20 heavy (non-hydrogen) atoms. The third-order valence-corrected chi connectivity index (χ3v) is 3.12. The zero-order valence-electron chi connectivity index (χ0n) is 12.3. The molecule has 4 heteroatoms. The van der Waals surface area contributed by atoms with Crippen molar-refractivity contribution in [3.05, 3.63) is 53.5 Å². The monoisotopic (exact) mass is 272 g/mol. The van der Waals surface area contributed by atoms with Crippen LogP contribution in [0.4, 0.5) is 5.69 Å². The van der Waals surface area contributed by atoms with Gasteiger partial charge in [-0.1, -0.05) is 12.1 Å². The van der Waals surface area contributed by atoms with E-state index < -0.39 is 0 Å². The van der Waals surface area contributed by atoms with Crippen LogP contribution >= 0.6 is 0 Å². The fourth-order valence-corrected chi connectivity index (χ4v) is 2.03. The van der Waals surface area contributed by atoms with Gasteiger partial charge in [0.05, 0.1) is 11.6 Å². The Hall–Kier alpha value is -2.23. The summed E-state index contributed by atoms with van der Waals surface area (Å²) in [6, 6.07) is 11.4. The summed E-state index contributed by atoms with van der Waals surface area (Å²) in [5, 5.41) is 3.33. The van der Waals surface area contributed by atoms with Crippen molar-refractivity contribution in [1.29, 1.82) is 0 Å². The molecule has 0 saturated heterocycles. The average molecular weight is 272 g/mol. The molecule has 1 aromatic carbocycles. The number of furan rings is 1. The molecule has 0 aliphatic carbocycles. The molecule has 1 unspecified atom stereocenters. The summed E-state index contributed by atoms with van der Waals surface area (Å²) in [5.41, 5.74) is 1.47. The molecule has 0 bridgehead atoms. The van der Waals surface area contributed by atoms with E-state index in [4.69, 9.17) is 4.42 Å². The van der Waals surface area contributed by atoms with E-state index in [0.717, 1.165) is 17.2 Å². The van der Waals surface area contributed by atoms with Crippen LogP contribution in [0.2, 0.25) is 0 Å². The number of para-hydroxylation sites is 1. The van der Waals surface area contributed by atoms with Crippen molar-refractivity contribution in [3.8, 4) is 0 Å². The summed E-state index contributed by atoms with van der Waals surface area (Å²) < 4.78 is 5.61. The Kier molecular flexibility index (Phi) is 4.13. The number of nitrogens with zero attached hydrogens (tertiary/aromatic N) is 1. The number of nitrogens with one attached hydrogen (secondary N) is 1. The number of aryl methyl sites for hydroxylation is 1. The molecule has 0 spiro atoms. The molecular weight excluding hydrogens is 252 g/mol. The lowest BCUT2D eigenvalue weighted by molar-refractivity contribution is 0.0828. The summed E-state index contributed by atoms with van der Waals surface area (Å²) >= 11 is 0. The zero-order valence-corrected chi connectivity index (χ0v) is 12.3. The Bertz CT molecular complexity index is 602. The standard InChI is InChI=1S/C16H20N2O2/c1-11-9-10-15(20-11)12(2)17-14-8-6-5-7-13(14)16(19)18(3)4/h5-10,12,17H,1-4H3. The summed E-state index contributed by atoms with van der Waals surface area (Å²) in [7, 11) is 3.50. The van der Waals surface area contributed by atoms with E-state index >= 15 is 0 Å². The van der Waals surface area contributed by atoms with E-state index in [2.05, 4.69) is 5.32 Å². The van der Waals surface area contributed by atoms with Crippen LogP contribution in [0.3, 0.4) is 0 Å². The quantitative estimate of drug-likeness (QED) is 0.927. The number of hydrogen-bond acceptors (Lipinski definition) is 3. The van der Waals surface area contributed by atoms with Gasteiger partial charge >= 0.3 is 0 Å². The van der Waals surface area contributed by atoms with E-state index in [1.54, 1.807) is 19.0 Å².